The lowest BCUT2D eigenvalue weighted by atomic mass is 10.0. The van der Waals surface area contributed by atoms with E-state index in [0.29, 0.717) is 16.3 Å². The van der Waals surface area contributed by atoms with E-state index < -0.39 is 35.7 Å². The standard InChI is InChI=1S/C24H28N4O4S/c1-14(25-23(31)32-24(2,3)4)21(29)27-20-22(30)28(5)17-12-8-6-10-15(17)19(26-20)16-11-7-9-13-18(16)33/h6-14,20,33H,1-5H3,(H,25,31)(H,27,29)/t14-,20?/m0/s1. The van der Waals surface area contributed by atoms with Crippen molar-refractivity contribution in [3.63, 3.8) is 0 Å². The van der Waals surface area contributed by atoms with E-state index in [0.717, 1.165) is 11.1 Å². The second-order valence-corrected chi connectivity index (χ2v) is 9.17. The highest BCUT2D eigenvalue weighted by atomic mass is 32.1. The number of anilines is 1. The molecule has 0 spiro atoms. The minimum atomic E-state index is -1.19. The van der Waals surface area contributed by atoms with E-state index in [1.807, 2.05) is 48.5 Å². The third-order valence-electron chi connectivity index (χ3n) is 4.91. The largest absolute Gasteiger partial charge is 0.444 e. The van der Waals surface area contributed by atoms with Gasteiger partial charge in [-0.15, -0.1) is 12.6 Å². The molecule has 2 aromatic carbocycles. The van der Waals surface area contributed by atoms with Crippen LogP contribution in [0.3, 0.4) is 0 Å². The number of para-hydroxylation sites is 1. The summed E-state index contributed by atoms with van der Waals surface area (Å²) in [5, 5.41) is 5.13. The highest BCUT2D eigenvalue weighted by Crippen LogP contribution is 2.29. The Morgan fingerprint density at radius 2 is 1.70 bits per heavy atom. The molecule has 1 aliphatic rings. The maximum absolute atomic E-state index is 13.2. The number of hydrogen-bond donors (Lipinski definition) is 3. The van der Waals surface area contributed by atoms with E-state index in [-0.39, 0.29) is 0 Å². The fraction of sp³-hybridized carbons (Fsp3) is 0.333. The van der Waals surface area contributed by atoms with Crippen LogP contribution in [0.5, 0.6) is 0 Å². The van der Waals surface area contributed by atoms with Gasteiger partial charge in [0.05, 0.1) is 11.4 Å². The van der Waals surface area contributed by atoms with E-state index in [2.05, 4.69) is 28.3 Å². The van der Waals surface area contributed by atoms with Gasteiger partial charge in [0.1, 0.15) is 11.6 Å². The molecule has 3 rings (SSSR count). The average molecular weight is 469 g/mol. The molecule has 0 bridgehead atoms. The summed E-state index contributed by atoms with van der Waals surface area (Å²) in [6.07, 6.45) is -1.92. The number of likely N-dealkylation sites (N-methyl/N-ethyl adjacent to an activating group) is 1. The smallest absolute Gasteiger partial charge is 0.408 e. The highest BCUT2D eigenvalue weighted by Gasteiger charge is 2.32. The molecular weight excluding hydrogens is 440 g/mol. The van der Waals surface area contributed by atoms with E-state index in [9.17, 15) is 14.4 Å². The number of hydrogen-bond acceptors (Lipinski definition) is 6. The van der Waals surface area contributed by atoms with Crippen molar-refractivity contribution in [3.05, 3.63) is 59.7 Å². The molecule has 174 valence electrons. The number of benzodiazepines with no additional fused rings is 1. The van der Waals surface area contributed by atoms with Crippen LogP contribution in [0.1, 0.15) is 38.8 Å². The SMILES string of the molecule is C[C@H](NC(=O)OC(C)(C)C)C(=O)NC1N=C(c2ccccc2S)c2ccccc2N(C)C1=O. The number of benzene rings is 2. The molecule has 0 radical (unpaired) electrons. The molecule has 0 fully saturated rings. The van der Waals surface area contributed by atoms with Gasteiger partial charge in [-0.05, 0) is 39.8 Å². The number of nitrogens with zero attached hydrogens (tertiary/aromatic N) is 2. The monoisotopic (exact) mass is 468 g/mol. The van der Waals surface area contributed by atoms with Crippen LogP contribution in [0.25, 0.3) is 0 Å². The number of nitrogens with one attached hydrogen (secondary N) is 2. The second kappa shape index (κ2) is 9.66. The molecule has 0 aromatic heterocycles. The van der Waals surface area contributed by atoms with Gasteiger partial charge in [-0.25, -0.2) is 9.79 Å². The second-order valence-electron chi connectivity index (χ2n) is 8.69. The van der Waals surface area contributed by atoms with E-state index in [1.165, 1.54) is 11.8 Å². The predicted octanol–water partition coefficient (Wildman–Crippen LogP) is 3.14. The molecule has 1 heterocycles. The van der Waals surface area contributed by atoms with Crippen molar-refractivity contribution < 1.29 is 19.1 Å². The summed E-state index contributed by atoms with van der Waals surface area (Å²) in [6, 6.07) is 13.8. The summed E-state index contributed by atoms with van der Waals surface area (Å²) < 4.78 is 5.20. The first-order valence-electron chi connectivity index (χ1n) is 10.5. The normalized spacial score (nSPS) is 16.8. The molecular formula is C24H28N4O4S. The molecule has 33 heavy (non-hydrogen) atoms. The topological polar surface area (TPSA) is 100 Å². The lowest BCUT2D eigenvalue weighted by molar-refractivity contribution is -0.128. The summed E-state index contributed by atoms with van der Waals surface area (Å²) >= 11 is 4.56. The molecule has 2 aromatic rings. The van der Waals surface area contributed by atoms with Crippen molar-refractivity contribution >= 4 is 41.9 Å². The first kappa shape index (κ1) is 24.3. The molecule has 0 saturated carbocycles. The molecule has 3 amide bonds. The zero-order valence-corrected chi connectivity index (χ0v) is 20.1. The summed E-state index contributed by atoms with van der Waals surface area (Å²) in [7, 11) is 1.63. The van der Waals surface area contributed by atoms with Crippen LogP contribution in [0.2, 0.25) is 0 Å². The number of alkyl carbamates (subject to hydrolysis) is 1. The third-order valence-corrected chi connectivity index (χ3v) is 5.30. The fourth-order valence-electron chi connectivity index (χ4n) is 3.31. The predicted molar refractivity (Wildman–Crippen MR) is 130 cm³/mol. The van der Waals surface area contributed by atoms with Crippen molar-refractivity contribution in [1.82, 2.24) is 10.6 Å². The Morgan fingerprint density at radius 1 is 1.09 bits per heavy atom. The van der Waals surface area contributed by atoms with Crippen molar-refractivity contribution in [2.24, 2.45) is 4.99 Å². The van der Waals surface area contributed by atoms with Crippen LogP contribution in [-0.2, 0) is 14.3 Å². The molecule has 8 nitrogen and oxygen atoms in total. The fourth-order valence-corrected chi connectivity index (χ4v) is 3.58. The Labute approximate surface area is 198 Å². The molecule has 1 aliphatic heterocycles. The number of fused-ring (bicyclic) bond motifs is 1. The Balaban J connectivity index is 1.92. The maximum Gasteiger partial charge on any atom is 0.408 e. The van der Waals surface area contributed by atoms with Crippen molar-refractivity contribution in [3.8, 4) is 0 Å². The zero-order valence-electron chi connectivity index (χ0n) is 19.2. The minimum Gasteiger partial charge on any atom is -0.444 e. The minimum absolute atomic E-state index is 0.410. The van der Waals surface area contributed by atoms with Crippen LogP contribution >= 0.6 is 12.6 Å². The number of ether oxygens (including phenoxy) is 1. The number of amides is 3. The average Bonchev–Trinajstić information content (AvgIpc) is 2.83. The number of aliphatic imine (C=N–C) groups is 1. The summed E-state index contributed by atoms with van der Waals surface area (Å²) in [4.78, 5) is 44.9. The number of carbonyl (C=O) groups excluding carboxylic acids is 3. The number of thiol groups is 1. The zero-order chi connectivity index (χ0) is 24.3. The van der Waals surface area contributed by atoms with Gasteiger partial charge in [-0.2, -0.15) is 0 Å². The molecule has 9 heteroatoms. The highest BCUT2D eigenvalue weighted by molar-refractivity contribution is 7.80. The molecule has 1 unspecified atom stereocenters. The third kappa shape index (κ3) is 5.73. The van der Waals surface area contributed by atoms with Crippen LogP contribution in [-0.4, -0.2) is 48.5 Å². The Kier molecular flexibility index (Phi) is 7.12. The van der Waals surface area contributed by atoms with Gasteiger partial charge in [-0.3, -0.25) is 9.59 Å². The van der Waals surface area contributed by atoms with Gasteiger partial charge in [0, 0.05) is 23.1 Å². The Bertz CT molecular complexity index is 1110. The first-order valence-corrected chi connectivity index (χ1v) is 11.0. The van der Waals surface area contributed by atoms with Crippen LogP contribution in [0.4, 0.5) is 10.5 Å². The lowest BCUT2D eigenvalue weighted by Crippen LogP contribution is -2.52. The molecule has 2 atom stereocenters. The Hall–Kier alpha value is -3.33. The first-order chi connectivity index (χ1) is 15.5. The van der Waals surface area contributed by atoms with Gasteiger partial charge in [0.15, 0.2) is 0 Å². The van der Waals surface area contributed by atoms with Gasteiger partial charge in [0.25, 0.3) is 5.91 Å². The molecule has 2 N–H and O–H groups in total. The van der Waals surface area contributed by atoms with E-state index in [1.54, 1.807) is 27.8 Å². The van der Waals surface area contributed by atoms with E-state index in [4.69, 9.17) is 4.74 Å². The summed E-state index contributed by atoms with van der Waals surface area (Å²) in [5.41, 5.74) is 1.97. The van der Waals surface area contributed by atoms with Crippen LogP contribution < -0.4 is 15.5 Å². The lowest BCUT2D eigenvalue weighted by Gasteiger charge is -2.23. The van der Waals surface area contributed by atoms with Crippen molar-refractivity contribution in [1.29, 1.82) is 0 Å². The van der Waals surface area contributed by atoms with Crippen LogP contribution in [0, 0.1) is 0 Å². The van der Waals surface area contributed by atoms with Gasteiger partial charge < -0.3 is 20.3 Å². The van der Waals surface area contributed by atoms with Gasteiger partial charge in [0.2, 0.25) is 12.1 Å². The van der Waals surface area contributed by atoms with E-state index >= 15 is 0 Å². The van der Waals surface area contributed by atoms with Gasteiger partial charge in [-0.1, -0.05) is 36.4 Å². The number of rotatable bonds is 4. The Morgan fingerprint density at radius 3 is 2.33 bits per heavy atom. The van der Waals surface area contributed by atoms with Crippen LogP contribution in [0.15, 0.2) is 58.4 Å². The van der Waals surface area contributed by atoms with Crippen molar-refractivity contribution in [2.45, 2.75) is 50.4 Å². The molecule has 0 aliphatic carbocycles. The summed E-state index contributed by atoms with van der Waals surface area (Å²) in [5.74, 6) is -0.979. The van der Waals surface area contributed by atoms with Gasteiger partial charge >= 0.3 is 6.09 Å². The molecule has 0 saturated heterocycles. The maximum atomic E-state index is 13.2. The van der Waals surface area contributed by atoms with Crippen molar-refractivity contribution in [2.75, 3.05) is 11.9 Å². The summed E-state index contributed by atoms with van der Waals surface area (Å²) in [6.45, 7) is 6.69. The quantitative estimate of drug-likeness (QED) is 0.600. The number of carbonyl (C=O) groups is 3.